The fraction of sp³-hybridized carbons (Fsp3) is 0.538. The minimum Gasteiger partial charge on any atom is -0.310 e. The predicted octanol–water partition coefficient (Wildman–Crippen LogP) is 2.50. The standard InChI is InChI=1S/C13H20N4S/c1-9(2)14-5-12-6-15-17(11(12)4)7-13-16-10(3)8-18-13/h6,8-9,14H,5,7H2,1-4H3. The topological polar surface area (TPSA) is 42.7 Å². The van der Waals surface area contributed by atoms with Crippen molar-refractivity contribution in [3.63, 3.8) is 0 Å². The Morgan fingerprint density at radius 3 is 2.78 bits per heavy atom. The van der Waals surface area contributed by atoms with E-state index in [0.29, 0.717) is 6.04 Å². The Morgan fingerprint density at radius 1 is 1.39 bits per heavy atom. The third-order valence-corrected chi connectivity index (χ3v) is 3.81. The lowest BCUT2D eigenvalue weighted by Gasteiger charge is -2.07. The van der Waals surface area contributed by atoms with Crippen LogP contribution in [0.2, 0.25) is 0 Å². The maximum atomic E-state index is 4.47. The molecule has 2 aromatic rings. The molecule has 0 unspecified atom stereocenters. The van der Waals surface area contributed by atoms with Crippen molar-refractivity contribution >= 4 is 11.3 Å². The largest absolute Gasteiger partial charge is 0.310 e. The van der Waals surface area contributed by atoms with Gasteiger partial charge in [-0.1, -0.05) is 13.8 Å². The highest BCUT2D eigenvalue weighted by atomic mass is 32.1. The number of aromatic nitrogens is 3. The fourth-order valence-corrected chi connectivity index (χ4v) is 2.49. The average Bonchev–Trinajstić information content (AvgIpc) is 2.86. The predicted molar refractivity (Wildman–Crippen MR) is 74.9 cm³/mol. The van der Waals surface area contributed by atoms with Crippen LogP contribution in [0.1, 0.15) is 35.8 Å². The van der Waals surface area contributed by atoms with E-state index >= 15 is 0 Å². The Labute approximate surface area is 112 Å². The third-order valence-electron chi connectivity index (χ3n) is 2.86. The Morgan fingerprint density at radius 2 is 2.17 bits per heavy atom. The van der Waals surface area contributed by atoms with Gasteiger partial charge in [0.25, 0.3) is 0 Å². The van der Waals surface area contributed by atoms with Crippen LogP contribution in [0.4, 0.5) is 0 Å². The molecule has 0 amide bonds. The van der Waals surface area contributed by atoms with E-state index in [4.69, 9.17) is 0 Å². The summed E-state index contributed by atoms with van der Waals surface area (Å²) in [5.74, 6) is 0. The minimum absolute atomic E-state index is 0.495. The Hall–Kier alpha value is -1.20. The quantitative estimate of drug-likeness (QED) is 0.902. The number of hydrogen-bond acceptors (Lipinski definition) is 4. The number of thiazole rings is 1. The van der Waals surface area contributed by atoms with Crippen LogP contribution in [-0.4, -0.2) is 20.8 Å². The molecule has 18 heavy (non-hydrogen) atoms. The van der Waals surface area contributed by atoms with E-state index in [1.54, 1.807) is 11.3 Å². The van der Waals surface area contributed by atoms with E-state index < -0.39 is 0 Å². The lowest BCUT2D eigenvalue weighted by molar-refractivity contribution is 0.585. The molecule has 2 heterocycles. The van der Waals surface area contributed by atoms with Crippen LogP contribution in [0.3, 0.4) is 0 Å². The second-order valence-corrected chi connectivity index (χ2v) is 5.77. The monoisotopic (exact) mass is 264 g/mol. The lowest BCUT2D eigenvalue weighted by atomic mass is 10.2. The maximum Gasteiger partial charge on any atom is 0.114 e. The van der Waals surface area contributed by atoms with Crippen molar-refractivity contribution in [3.8, 4) is 0 Å². The first-order valence-electron chi connectivity index (χ1n) is 6.22. The van der Waals surface area contributed by atoms with Crippen molar-refractivity contribution in [2.24, 2.45) is 0 Å². The van der Waals surface area contributed by atoms with Crippen LogP contribution in [0, 0.1) is 13.8 Å². The zero-order valence-corrected chi connectivity index (χ0v) is 12.2. The zero-order valence-electron chi connectivity index (χ0n) is 11.4. The first kappa shape index (κ1) is 13.2. The lowest BCUT2D eigenvalue weighted by Crippen LogP contribution is -2.22. The van der Waals surface area contributed by atoms with Crippen molar-refractivity contribution in [2.75, 3.05) is 0 Å². The van der Waals surface area contributed by atoms with Crippen molar-refractivity contribution in [1.29, 1.82) is 0 Å². The number of rotatable bonds is 5. The van der Waals surface area contributed by atoms with Crippen molar-refractivity contribution in [3.05, 3.63) is 33.5 Å². The molecule has 0 spiro atoms. The van der Waals surface area contributed by atoms with Crippen LogP contribution in [0.15, 0.2) is 11.6 Å². The van der Waals surface area contributed by atoms with Crippen LogP contribution in [0.5, 0.6) is 0 Å². The number of aryl methyl sites for hydroxylation is 1. The zero-order chi connectivity index (χ0) is 13.1. The fourth-order valence-electron chi connectivity index (χ4n) is 1.74. The van der Waals surface area contributed by atoms with Crippen LogP contribution in [0.25, 0.3) is 0 Å². The van der Waals surface area contributed by atoms with E-state index in [9.17, 15) is 0 Å². The highest BCUT2D eigenvalue weighted by molar-refractivity contribution is 7.09. The molecule has 0 radical (unpaired) electrons. The first-order chi connectivity index (χ1) is 8.56. The third kappa shape index (κ3) is 3.17. The van der Waals surface area contributed by atoms with E-state index in [-0.39, 0.29) is 0 Å². The molecule has 4 nitrogen and oxygen atoms in total. The molecule has 0 bridgehead atoms. The van der Waals surface area contributed by atoms with Crippen LogP contribution < -0.4 is 5.32 Å². The van der Waals surface area contributed by atoms with Gasteiger partial charge in [0.1, 0.15) is 5.01 Å². The Balaban J connectivity index is 2.06. The molecule has 0 aromatic carbocycles. The molecule has 2 rings (SSSR count). The molecule has 0 fully saturated rings. The van der Waals surface area contributed by atoms with E-state index in [0.717, 1.165) is 23.8 Å². The molecular formula is C13H20N4S. The number of hydrogen-bond donors (Lipinski definition) is 1. The highest BCUT2D eigenvalue weighted by Gasteiger charge is 2.08. The molecule has 1 N–H and O–H groups in total. The highest BCUT2D eigenvalue weighted by Crippen LogP contribution is 2.13. The average molecular weight is 264 g/mol. The van der Waals surface area contributed by atoms with Gasteiger partial charge in [-0.2, -0.15) is 5.10 Å². The summed E-state index contributed by atoms with van der Waals surface area (Å²) in [7, 11) is 0. The normalized spacial score (nSPS) is 11.4. The molecule has 0 saturated heterocycles. The molecule has 0 atom stereocenters. The second-order valence-electron chi connectivity index (χ2n) is 4.83. The van der Waals surface area contributed by atoms with Gasteiger partial charge >= 0.3 is 0 Å². The van der Waals surface area contributed by atoms with Crippen LogP contribution >= 0.6 is 11.3 Å². The van der Waals surface area contributed by atoms with Crippen molar-refractivity contribution < 1.29 is 0 Å². The smallest absolute Gasteiger partial charge is 0.114 e. The summed E-state index contributed by atoms with van der Waals surface area (Å²) in [5, 5.41) is 11.1. The molecule has 98 valence electrons. The van der Waals surface area contributed by atoms with Crippen LogP contribution in [-0.2, 0) is 13.1 Å². The molecule has 0 aliphatic rings. The number of nitrogens with zero attached hydrogens (tertiary/aromatic N) is 3. The van der Waals surface area contributed by atoms with E-state index in [2.05, 4.69) is 41.6 Å². The summed E-state index contributed by atoms with van der Waals surface area (Å²) in [4.78, 5) is 4.47. The van der Waals surface area contributed by atoms with Gasteiger partial charge < -0.3 is 5.32 Å². The summed E-state index contributed by atoms with van der Waals surface area (Å²) in [6.45, 7) is 10.1. The summed E-state index contributed by atoms with van der Waals surface area (Å²) in [5.41, 5.74) is 3.56. The SMILES string of the molecule is Cc1csc(Cn2ncc(CNC(C)C)c2C)n1. The van der Waals surface area contributed by atoms with Gasteiger partial charge in [0, 0.05) is 34.9 Å². The maximum absolute atomic E-state index is 4.47. The van der Waals surface area contributed by atoms with Gasteiger partial charge in [-0.3, -0.25) is 4.68 Å². The Kier molecular flexibility index (Phi) is 4.14. The first-order valence-corrected chi connectivity index (χ1v) is 7.10. The van der Waals surface area contributed by atoms with Gasteiger partial charge in [0.05, 0.1) is 12.7 Å². The minimum atomic E-state index is 0.495. The van der Waals surface area contributed by atoms with Gasteiger partial charge in [-0.05, 0) is 13.8 Å². The van der Waals surface area contributed by atoms with Gasteiger partial charge in [-0.25, -0.2) is 4.98 Å². The van der Waals surface area contributed by atoms with Gasteiger partial charge in [0.2, 0.25) is 0 Å². The Bertz CT molecular complexity index is 513. The van der Waals surface area contributed by atoms with Gasteiger partial charge in [0.15, 0.2) is 0 Å². The summed E-state index contributed by atoms with van der Waals surface area (Å²) in [6.07, 6.45) is 1.95. The van der Waals surface area contributed by atoms with E-state index in [1.165, 1.54) is 11.3 Å². The summed E-state index contributed by atoms with van der Waals surface area (Å²) in [6, 6.07) is 0.495. The molecule has 0 aliphatic heterocycles. The summed E-state index contributed by atoms with van der Waals surface area (Å²) < 4.78 is 2.02. The molecule has 0 saturated carbocycles. The van der Waals surface area contributed by atoms with Gasteiger partial charge in [-0.15, -0.1) is 11.3 Å². The number of nitrogens with one attached hydrogen (secondary N) is 1. The molecule has 2 aromatic heterocycles. The summed E-state index contributed by atoms with van der Waals surface area (Å²) >= 11 is 1.69. The molecule has 0 aliphatic carbocycles. The van der Waals surface area contributed by atoms with Crippen molar-refractivity contribution in [2.45, 2.75) is 46.8 Å². The molecular weight excluding hydrogens is 244 g/mol. The van der Waals surface area contributed by atoms with Crippen molar-refractivity contribution in [1.82, 2.24) is 20.1 Å². The molecule has 5 heteroatoms. The van der Waals surface area contributed by atoms with E-state index in [1.807, 2.05) is 17.8 Å². The second kappa shape index (κ2) is 5.63.